The fourth-order valence-corrected chi connectivity index (χ4v) is 1.61. The van der Waals surface area contributed by atoms with Crippen molar-refractivity contribution >= 4 is 23.4 Å². The van der Waals surface area contributed by atoms with Crippen LogP contribution in [0.4, 0.5) is 0 Å². The zero-order valence-electron chi connectivity index (χ0n) is 7.41. The molecule has 0 aliphatic heterocycles. The summed E-state index contributed by atoms with van der Waals surface area (Å²) in [6.07, 6.45) is 1.95. The molecule has 0 unspecified atom stereocenters. The van der Waals surface area contributed by atoms with Gasteiger partial charge in [0.2, 0.25) is 0 Å². The van der Waals surface area contributed by atoms with Crippen LogP contribution < -0.4 is 0 Å². The molecule has 1 N–H and O–H groups in total. The van der Waals surface area contributed by atoms with Gasteiger partial charge in [-0.15, -0.1) is 11.8 Å². The van der Waals surface area contributed by atoms with Gasteiger partial charge in [0.05, 0.1) is 16.7 Å². The quantitative estimate of drug-likeness (QED) is 0.733. The van der Waals surface area contributed by atoms with E-state index >= 15 is 0 Å². The molecule has 0 aliphatic rings. The van der Waals surface area contributed by atoms with Crippen molar-refractivity contribution in [2.45, 2.75) is 4.90 Å². The standard InChI is InChI=1S/C8H6ClNS.CH4O/c1-11-8-3-2-6(5-10)4-7(8)9;1-2/h2-4H,1H3;2H,1H3. The molecule has 0 amide bonds. The van der Waals surface area contributed by atoms with Gasteiger partial charge in [0.1, 0.15) is 0 Å². The average molecular weight is 216 g/mol. The molecule has 0 bridgehead atoms. The Morgan fingerprint density at radius 3 is 2.46 bits per heavy atom. The molecule has 0 fully saturated rings. The second kappa shape index (κ2) is 6.79. The zero-order valence-corrected chi connectivity index (χ0v) is 8.99. The molecule has 1 rings (SSSR count). The van der Waals surface area contributed by atoms with Crippen molar-refractivity contribution < 1.29 is 5.11 Å². The number of benzene rings is 1. The molecule has 13 heavy (non-hydrogen) atoms. The van der Waals surface area contributed by atoms with E-state index in [9.17, 15) is 0 Å². The Hall–Kier alpha value is -0.690. The SMILES string of the molecule is CO.CSc1ccc(C#N)cc1Cl. The smallest absolute Gasteiger partial charge is 0.0992 e. The molecule has 4 heteroatoms. The van der Waals surface area contributed by atoms with E-state index in [0.717, 1.165) is 12.0 Å². The van der Waals surface area contributed by atoms with Gasteiger partial charge in [-0.2, -0.15) is 5.26 Å². The molecule has 0 heterocycles. The highest BCUT2D eigenvalue weighted by Gasteiger charge is 1.98. The number of hydrogen-bond acceptors (Lipinski definition) is 3. The molecule has 1 aromatic carbocycles. The third-order valence-corrected chi connectivity index (χ3v) is 2.50. The van der Waals surface area contributed by atoms with E-state index < -0.39 is 0 Å². The summed E-state index contributed by atoms with van der Waals surface area (Å²) in [7, 11) is 1.00. The second-order valence-electron chi connectivity index (χ2n) is 1.96. The lowest BCUT2D eigenvalue weighted by Crippen LogP contribution is -1.76. The van der Waals surface area contributed by atoms with Crippen molar-refractivity contribution in [3.05, 3.63) is 28.8 Å². The lowest BCUT2D eigenvalue weighted by molar-refractivity contribution is 0.399. The summed E-state index contributed by atoms with van der Waals surface area (Å²) in [5.41, 5.74) is 0.604. The Kier molecular flexibility index (Phi) is 6.43. The third-order valence-electron chi connectivity index (χ3n) is 1.28. The largest absolute Gasteiger partial charge is 0.400 e. The highest BCUT2D eigenvalue weighted by molar-refractivity contribution is 7.98. The molecule has 0 saturated heterocycles. The van der Waals surface area contributed by atoms with Crippen LogP contribution in [-0.2, 0) is 0 Å². The number of halogens is 1. The van der Waals surface area contributed by atoms with Crippen LogP contribution in [0.5, 0.6) is 0 Å². The molecule has 0 radical (unpaired) electrons. The molecule has 0 aliphatic carbocycles. The molecular formula is C9H10ClNOS. The Morgan fingerprint density at radius 2 is 2.08 bits per heavy atom. The first-order chi connectivity index (χ1) is 6.27. The zero-order chi connectivity index (χ0) is 10.3. The van der Waals surface area contributed by atoms with Gasteiger partial charge in [-0.1, -0.05) is 11.6 Å². The molecule has 1 aromatic rings. The highest BCUT2D eigenvalue weighted by atomic mass is 35.5. The monoisotopic (exact) mass is 215 g/mol. The van der Waals surface area contributed by atoms with Gasteiger partial charge in [-0.25, -0.2) is 0 Å². The van der Waals surface area contributed by atoms with Gasteiger partial charge in [-0.05, 0) is 24.5 Å². The van der Waals surface area contributed by atoms with Crippen molar-refractivity contribution in [2.75, 3.05) is 13.4 Å². The summed E-state index contributed by atoms with van der Waals surface area (Å²) >= 11 is 7.41. The molecular weight excluding hydrogens is 206 g/mol. The number of aliphatic hydroxyl groups is 1. The highest BCUT2D eigenvalue weighted by Crippen LogP contribution is 2.25. The van der Waals surface area contributed by atoms with Crippen LogP contribution in [0.25, 0.3) is 0 Å². The van der Waals surface area contributed by atoms with Crippen LogP contribution >= 0.6 is 23.4 Å². The lowest BCUT2D eigenvalue weighted by Gasteiger charge is -1.98. The van der Waals surface area contributed by atoms with E-state index in [0.29, 0.717) is 10.6 Å². The Balaban J connectivity index is 0.000000671. The number of thioether (sulfide) groups is 1. The maximum absolute atomic E-state index is 8.51. The minimum absolute atomic E-state index is 0.604. The van der Waals surface area contributed by atoms with Crippen molar-refractivity contribution in [3.63, 3.8) is 0 Å². The Labute approximate surface area is 87.1 Å². The van der Waals surface area contributed by atoms with Gasteiger partial charge in [-0.3, -0.25) is 0 Å². The van der Waals surface area contributed by atoms with E-state index in [-0.39, 0.29) is 0 Å². The van der Waals surface area contributed by atoms with Crippen LogP contribution in [0.2, 0.25) is 5.02 Å². The lowest BCUT2D eigenvalue weighted by atomic mass is 10.2. The summed E-state index contributed by atoms with van der Waals surface area (Å²) in [4.78, 5) is 1.01. The number of rotatable bonds is 1. The van der Waals surface area contributed by atoms with Crippen LogP contribution in [-0.4, -0.2) is 18.5 Å². The maximum Gasteiger partial charge on any atom is 0.0992 e. The molecule has 2 nitrogen and oxygen atoms in total. The number of aliphatic hydroxyl groups excluding tert-OH is 1. The first-order valence-electron chi connectivity index (χ1n) is 3.46. The van der Waals surface area contributed by atoms with Crippen LogP contribution in [0.15, 0.2) is 23.1 Å². The van der Waals surface area contributed by atoms with E-state index in [1.54, 1.807) is 23.9 Å². The van der Waals surface area contributed by atoms with E-state index in [1.165, 1.54) is 0 Å². The van der Waals surface area contributed by atoms with Gasteiger partial charge in [0.25, 0.3) is 0 Å². The first kappa shape index (κ1) is 12.3. The van der Waals surface area contributed by atoms with Crippen LogP contribution in [0, 0.1) is 11.3 Å². The predicted molar refractivity (Wildman–Crippen MR) is 56.1 cm³/mol. The van der Waals surface area contributed by atoms with Crippen molar-refractivity contribution in [1.29, 1.82) is 5.26 Å². The van der Waals surface area contributed by atoms with Crippen molar-refractivity contribution in [3.8, 4) is 6.07 Å². The third kappa shape index (κ3) is 3.69. The van der Waals surface area contributed by atoms with Crippen LogP contribution in [0.1, 0.15) is 5.56 Å². The maximum atomic E-state index is 8.51. The molecule has 0 spiro atoms. The minimum atomic E-state index is 0.604. The Morgan fingerprint density at radius 1 is 1.46 bits per heavy atom. The summed E-state index contributed by atoms with van der Waals surface area (Å²) in [5, 5.41) is 16.2. The predicted octanol–water partition coefficient (Wildman–Crippen LogP) is 2.54. The summed E-state index contributed by atoms with van der Waals surface area (Å²) < 4.78 is 0. The molecule has 70 valence electrons. The number of hydrogen-bond donors (Lipinski definition) is 1. The summed E-state index contributed by atoms with van der Waals surface area (Å²) in [6.45, 7) is 0. The summed E-state index contributed by atoms with van der Waals surface area (Å²) in [5.74, 6) is 0. The van der Waals surface area contributed by atoms with Gasteiger partial charge >= 0.3 is 0 Å². The minimum Gasteiger partial charge on any atom is -0.400 e. The van der Waals surface area contributed by atoms with Gasteiger partial charge in [0, 0.05) is 12.0 Å². The van der Waals surface area contributed by atoms with Gasteiger partial charge in [0.15, 0.2) is 0 Å². The molecule has 0 atom stereocenters. The fourth-order valence-electron chi connectivity index (χ4n) is 0.736. The van der Waals surface area contributed by atoms with Gasteiger partial charge < -0.3 is 5.11 Å². The van der Waals surface area contributed by atoms with Crippen molar-refractivity contribution in [2.24, 2.45) is 0 Å². The number of nitrogens with zero attached hydrogens (tertiary/aromatic N) is 1. The van der Waals surface area contributed by atoms with E-state index in [4.69, 9.17) is 22.0 Å². The average Bonchev–Trinajstić information content (AvgIpc) is 2.20. The number of nitriles is 1. The van der Waals surface area contributed by atoms with E-state index in [2.05, 4.69) is 0 Å². The normalized spacial score (nSPS) is 8.23. The molecule has 0 saturated carbocycles. The van der Waals surface area contributed by atoms with Crippen molar-refractivity contribution in [1.82, 2.24) is 0 Å². The summed E-state index contributed by atoms with van der Waals surface area (Å²) in [6, 6.07) is 7.31. The topological polar surface area (TPSA) is 44.0 Å². The second-order valence-corrected chi connectivity index (χ2v) is 3.22. The fraction of sp³-hybridized carbons (Fsp3) is 0.222. The van der Waals surface area contributed by atoms with E-state index in [1.807, 2.05) is 18.4 Å². The molecule has 0 aromatic heterocycles. The Bertz CT molecular complexity index is 309. The first-order valence-corrected chi connectivity index (χ1v) is 5.06. The van der Waals surface area contributed by atoms with Crippen LogP contribution in [0.3, 0.4) is 0 Å².